The van der Waals surface area contributed by atoms with Crippen molar-refractivity contribution in [2.75, 3.05) is 34.5 Å². The monoisotopic (exact) mass is 474 g/mol. The normalized spacial score (nSPS) is 11.5. The molecule has 0 aliphatic heterocycles. The number of carbonyl (C=O) groups excluding carboxylic acids is 2. The third kappa shape index (κ3) is 11.9. The lowest BCUT2D eigenvalue weighted by Crippen LogP contribution is -2.46. The van der Waals surface area contributed by atoms with Gasteiger partial charge in [-0.3, -0.25) is 0 Å². The first-order chi connectivity index (χ1) is 14.9. The van der Waals surface area contributed by atoms with Crippen molar-refractivity contribution in [1.82, 2.24) is 0 Å². The largest absolute Gasteiger partial charge is 0.532 e. The van der Waals surface area contributed by atoms with Gasteiger partial charge in [0.25, 0.3) is 0 Å². The molecule has 184 valence electrons. The molecule has 10 heteroatoms. The van der Waals surface area contributed by atoms with Crippen LogP contribution in [-0.2, 0) is 37.1 Å². The van der Waals surface area contributed by atoms with Gasteiger partial charge in [-0.25, -0.2) is 14.4 Å². The molecule has 0 unspecified atom stereocenters. The number of ether oxygens (including phenoxy) is 2. The van der Waals surface area contributed by atoms with Gasteiger partial charge in [-0.2, -0.15) is 0 Å². The van der Waals surface area contributed by atoms with Crippen LogP contribution in [0.15, 0.2) is 35.1 Å². The topological polar surface area (TPSA) is 118 Å². The lowest BCUT2D eigenvalue weighted by Gasteiger charge is -2.28. The summed E-state index contributed by atoms with van der Waals surface area (Å²) in [5, 5.41) is 9.68. The van der Waals surface area contributed by atoms with Crippen LogP contribution in [0.25, 0.3) is 0 Å². The Hall–Kier alpha value is -2.27. The second-order valence-corrected chi connectivity index (χ2v) is 9.81. The Morgan fingerprint density at radius 3 is 1.53 bits per heavy atom. The third-order valence-corrected chi connectivity index (χ3v) is 7.16. The predicted molar refractivity (Wildman–Crippen MR) is 123 cm³/mol. The van der Waals surface area contributed by atoms with Crippen molar-refractivity contribution in [3.63, 3.8) is 0 Å². The SMILES string of the molecule is C=C(C)C(=O)OCCCC.C=C(C)C(=O)OCCCC(=C(C)C(=O)O)[Si](OC)(OC)OC. The molecule has 1 N–H and O–H groups in total. The molecular formula is C22H38O9Si. The molecule has 0 atom stereocenters. The van der Waals surface area contributed by atoms with Gasteiger partial charge in [-0.05, 0) is 40.0 Å². The first-order valence-corrected chi connectivity index (χ1v) is 11.9. The van der Waals surface area contributed by atoms with Crippen LogP contribution in [-0.4, -0.2) is 66.4 Å². The average molecular weight is 475 g/mol. The Morgan fingerprint density at radius 2 is 1.22 bits per heavy atom. The summed E-state index contributed by atoms with van der Waals surface area (Å²) in [5.74, 6) is -1.83. The molecule has 0 saturated carbocycles. The van der Waals surface area contributed by atoms with Crippen molar-refractivity contribution in [3.05, 3.63) is 35.1 Å². The lowest BCUT2D eigenvalue weighted by atomic mass is 10.2. The first-order valence-electron chi connectivity index (χ1n) is 10.2. The maximum atomic E-state index is 11.3. The van der Waals surface area contributed by atoms with Gasteiger partial charge in [-0.1, -0.05) is 26.5 Å². The Morgan fingerprint density at radius 1 is 0.812 bits per heavy atom. The Labute approximate surface area is 192 Å². The number of esters is 2. The standard InChI is InChI=1S/C14H24O7Si.C8H14O2/c1-10(2)14(17)21-9-7-8-12(11(3)13(15)16)22(18-4,19-5)20-6;1-4-5-6-10-8(9)7(2)3/h1,7-9H2,2-6H3,(H,15,16);2,4-6H2,1,3H3. The van der Waals surface area contributed by atoms with Gasteiger partial charge in [0.05, 0.1) is 13.2 Å². The number of rotatable bonds is 14. The molecule has 0 bridgehead atoms. The zero-order valence-electron chi connectivity index (χ0n) is 20.4. The van der Waals surface area contributed by atoms with Crippen LogP contribution >= 0.6 is 0 Å². The number of allylic oxidation sites excluding steroid dienone is 1. The molecule has 0 rings (SSSR count). The van der Waals surface area contributed by atoms with E-state index in [9.17, 15) is 19.5 Å². The second kappa shape index (κ2) is 17.3. The summed E-state index contributed by atoms with van der Waals surface area (Å²) in [7, 11) is 1.01. The van der Waals surface area contributed by atoms with Crippen LogP contribution in [0, 0.1) is 0 Å². The minimum absolute atomic E-state index is 0.114. The molecular weight excluding hydrogens is 436 g/mol. The Kier molecular flexibility index (Phi) is 17.3. The van der Waals surface area contributed by atoms with Crippen molar-refractivity contribution in [3.8, 4) is 0 Å². The van der Waals surface area contributed by atoms with Crippen molar-refractivity contribution in [2.45, 2.75) is 53.4 Å². The quantitative estimate of drug-likeness (QED) is 0.174. The number of carboxylic acid groups (broad SMARTS) is 1. The summed E-state index contributed by atoms with van der Waals surface area (Å²) in [4.78, 5) is 33.3. The minimum atomic E-state index is -3.23. The summed E-state index contributed by atoms with van der Waals surface area (Å²) in [5.41, 5.74) is 0.895. The number of aliphatic carboxylic acids is 1. The average Bonchev–Trinajstić information content (AvgIpc) is 2.76. The van der Waals surface area contributed by atoms with Crippen molar-refractivity contribution in [1.29, 1.82) is 0 Å². The van der Waals surface area contributed by atoms with Gasteiger partial charge in [0.1, 0.15) is 0 Å². The molecule has 0 aromatic carbocycles. The van der Waals surface area contributed by atoms with E-state index >= 15 is 0 Å². The van der Waals surface area contributed by atoms with Crippen molar-refractivity contribution in [2.24, 2.45) is 0 Å². The van der Waals surface area contributed by atoms with E-state index in [0.717, 1.165) is 12.8 Å². The van der Waals surface area contributed by atoms with E-state index in [0.29, 0.717) is 35.8 Å². The molecule has 0 spiro atoms. The van der Waals surface area contributed by atoms with Crippen LogP contribution < -0.4 is 0 Å². The Balaban J connectivity index is 0. The molecule has 0 aromatic rings. The van der Waals surface area contributed by atoms with E-state index in [1.165, 1.54) is 28.3 Å². The van der Waals surface area contributed by atoms with Gasteiger partial charge in [-0.15, -0.1) is 0 Å². The first kappa shape index (κ1) is 31.9. The fraction of sp³-hybridized carbons (Fsp3) is 0.591. The molecule has 0 aliphatic rings. The van der Waals surface area contributed by atoms with E-state index in [1.54, 1.807) is 13.8 Å². The van der Waals surface area contributed by atoms with Gasteiger partial charge < -0.3 is 27.9 Å². The maximum absolute atomic E-state index is 11.3. The van der Waals surface area contributed by atoms with Crippen LogP contribution in [0.4, 0.5) is 0 Å². The molecule has 0 amide bonds. The molecule has 9 nitrogen and oxygen atoms in total. The van der Waals surface area contributed by atoms with Crippen molar-refractivity contribution >= 4 is 26.7 Å². The maximum Gasteiger partial charge on any atom is 0.532 e. The zero-order valence-corrected chi connectivity index (χ0v) is 21.4. The van der Waals surface area contributed by atoms with Gasteiger partial charge in [0.2, 0.25) is 0 Å². The van der Waals surface area contributed by atoms with E-state index in [4.69, 9.17) is 22.8 Å². The van der Waals surface area contributed by atoms with E-state index in [1.807, 2.05) is 0 Å². The number of carbonyl (C=O) groups is 3. The summed E-state index contributed by atoms with van der Waals surface area (Å²) in [6, 6.07) is 0. The summed E-state index contributed by atoms with van der Waals surface area (Å²) in [6.45, 7) is 14.3. The smallest absolute Gasteiger partial charge is 0.478 e. The second-order valence-electron chi connectivity index (χ2n) is 6.87. The van der Waals surface area contributed by atoms with Crippen LogP contribution in [0.1, 0.15) is 53.4 Å². The van der Waals surface area contributed by atoms with Crippen molar-refractivity contribution < 1.29 is 42.2 Å². The van der Waals surface area contributed by atoms with E-state index in [-0.39, 0.29) is 18.1 Å². The highest BCUT2D eigenvalue weighted by molar-refractivity contribution is 6.69. The molecule has 0 aliphatic carbocycles. The zero-order chi connectivity index (χ0) is 25.3. The summed E-state index contributed by atoms with van der Waals surface area (Å²) in [6.07, 6.45) is 2.72. The van der Waals surface area contributed by atoms with E-state index < -0.39 is 20.7 Å². The Bertz CT molecular complexity index is 671. The fourth-order valence-corrected chi connectivity index (χ4v) is 4.58. The molecule has 0 saturated heterocycles. The molecule has 0 aromatic heterocycles. The number of unbranched alkanes of at least 4 members (excludes halogenated alkanes) is 1. The summed E-state index contributed by atoms with van der Waals surface area (Å²) >= 11 is 0. The van der Waals surface area contributed by atoms with Crippen LogP contribution in [0.3, 0.4) is 0 Å². The van der Waals surface area contributed by atoms with Gasteiger partial charge >= 0.3 is 26.7 Å². The van der Waals surface area contributed by atoms with Gasteiger partial charge in [0.15, 0.2) is 0 Å². The number of hydrogen-bond acceptors (Lipinski definition) is 8. The van der Waals surface area contributed by atoms with E-state index in [2.05, 4.69) is 20.1 Å². The molecule has 0 fully saturated rings. The highest BCUT2D eigenvalue weighted by Crippen LogP contribution is 2.26. The minimum Gasteiger partial charge on any atom is -0.478 e. The molecule has 0 heterocycles. The summed E-state index contributed by atoms with van der Waals surface area (Å²) < 4.78 is 25.8. The highest BCUT2D eigenvalue weighted by atomic mass is 28.4. The third-order valence-electron chi connectivity index (χ3n) is 4.18. The van der Waals surface area contributed by atoms with Gasteiger partial charge in [0, 0.05) is 43.2 Å². The highest BCUT2D eigenvalue weighted by Gasteiger charge is 2.44. The van der Waals surface area contributed by atoms with Crippen LogP contribution in [0.5, 0.6) is 0 Å². The molecule has 0 radical (unpaired) electrons. The van der Waals surface area contributed by atoms with Crippen LogP contribution in [0.2, 0.25) is 0 Å². The number of hydrogen-bond donors (Lipinski definition) is 1. The molecule has 32 heavy (non-hydrogen) atoms. The fourth-order valence-electron chi connectivity index (χ4n) is 2.29. The predicted octanol–water partition coefficient (Wildman–Crippen LogP) is 3.61. The number of carboxylic acids is 1. The lowest BCUT2D eigenvalue weighted by molar-refractivity contribution is -0.139.